The fourth-order valence-electron chi connectivity index (χ4n) is 1.68. The van der Waals surface area contributed by atoms with E-state index in [4.69, 9.17) is 0 Å². The molecule has 17 heavy (non-hydrogen) atoms. The third kappa shape index (κ3) is 3.77. The van der Waals surface area contributed by atoms with Crippen LogP contribution in [0.2, 0.25) is 0 Å². The monoisotopic (exact) mass is 234 g/mol. The molecule has 0 fully saturated rings. The summed E-state index contributed by atoms with van der Waals surface area (Å²) in [5.41, 5.74) is 1.86. The van der Waals surface area contributed by atoms with E-state index >= 15 is 0 Å². The molecule has 0 aliphatic rings. The maximum absolute atomic E-state index is 12.2. The Hall–Kier alpha value is -1.51. The van der Waals surface area contributed by atoms with Gasteiger partial charge in [-0.15, -0.1) is 0 Å². The molecular weight excluding hydrogens is 212 g/mol. The van der Waals surface area contributed by atoms with Crippen LogP contribution in [0.1, 0.15) is 33.3 Å². The molecule has 0 heterocycles. The SMILES string of the molecule is CCN(C(=O)NC(C)(C)C)c1ccccc1C. The van der Waals surface area contributed by atoms with Crippen molar-refractivity contribution in [1.82, 2.24) is 5.32 Å². The van der Waals surface area contributed by atoms with Gasteiger partial charge in [-0.3, -0.25) is 4.90 Å². The van der Waals surface area contributed by atoms with Crippen molar-refractivity contribution >= 4 is 11.7 Å². The number of aryl methyl sites for hydroxylation is 1. The highest BCUT2D eigenvalue weighted by Gasteiger charge is 2.20. The van der Waals surface area contributed by atoms with Crippen molar-refractivity contribution in [2.75, 3.05) is 11.4 Å². The van der Waals surface area contributed by atoms with Gasteiger partial charge < -0.3 is 5.32 Å². The Labute approximate surface area is 104 Å². The van der Waals surface area contributed by atoms with E-state index in [1.807, 2.05) is 58.9 Å². The second-order valence-electron chi connectivity index (χ2n) is 5.21. The molecule has 3 heteroatoms. The van der Waals surface area contributed by atoms with Crippen LogP contribution in [0.4, 0.5) is 10.5 Å². The number of amides is 2. The first-order chi connectivity index (χ1) is 7.85. The molecule has 0 unspecified atom stereocenters. The van der Waals surface area contributed by atoms with Crippen LogP contribution in [-0.2, 0) is 0 Å². The number of para-hydroxylation sites is 1. The van der Waals surface area contributed by atoms with E-state index in [0.717, 1.165) is 11.3 Å². The minimum absolute atomic E-state index is 0.0469. The predicted molar refractivity (Wildman–Crippen MR) is 72.5 cm³/mol. The quantitative estimate of drug-likeness (QED) is 0.836. The number of nitrogens with zero attached hydrogens (tertiary/aromatic N) is 1. The highest BCUT2D eigenvalue weighted by atomic mass is 16.2. The van der Waals surface area contributed by atoms with Gasteiger partial charge in [-0.1, -0.05) is 18.2 Å². The average Bonchev–Trinajstić information content (AvgIpc) is 2.19. The van der Waals surface area contributed by atoms with Gasteiger partial charge in [-0.05, 0) is 46.2 Å². The van der Waals surface area contributed by atoms with Crippen molar-refractivity contribution in [2.24, 2.45) is 0 Å². The van der Waals surface area contributed by atoms with Gasteiger partial charge in [0.1, 0.15) is 0 Å². The Kier molecular flexibility index (Phi) is 4.16. The fourth-order valence-corrected chi connectivity index (χ4v) is 1.68. The van der Waals surface area contributed by atoms with E-state index in [1.165, 1.54) is 0 Å². The van der Waals surface area contributed by atoms with Crippen molar-refractivity contribution in [2.45, 2.75) is 40.2 Å². The van der Waals surface area contributed by atoms with Gasteiger partial charge in [-0.2, -0.15) is 0 Å². The summed E-state index contributed by atoms with van der Waals surface area (Å²) in [5.74, 6) is 0. The molecule has 0 aliphatic heterocycles. The summed E-state index contributed by atoms with van der Waals surface area (Å²) in [4.78, 5) is 13.9. The minimum atomic E-state index is -0.215. The highest BCUT2D eigenvalue weighted by molar-refractivity contribution is 5.93. The fraction of sp³-hybridized carbons (Fsp3) is 0.500. The lowest BCUT2D eigenvalue weighted by Gasteiger charge is -2.28. The Morgan fingerprint density at radius 1 is 1.29 bits per heavy atom. The summed E-state index contributed by atoms with van der Waals surface area (Å²) >= 11 is 0. The number of nitrogens with one attached hydrogen (secondary N) is 1. The molecule has 94 valence electrons. The summed E-state index contributed by atoms with van der Waals surface area (Å²) in [6, 6.07) is 7.88. The minimum Gasteiger partial charge on any atom is -0.333 e. The molecule has 1 rings (SSSR count). The Morgan fingerprint density at radius 3 is 2.35 bits per heavy atom. The van der Waals surface area contributed by atoms with Crippen molar-refractivity contribution in [3.8, 4) is 0 Å². The zero-order valence-corrected chi connectivity index (χ0v) is 11.4. The third-order valence-electron chi connectivity index (χ3n) is 2.45. The average molecular weight is 234 g/mol. The second-order valence-corrected chi connectivity index (χ2v) is 5.21. The molecule has 0 radical (unpaired) electrons. The van der Waals surface area contributed by atoms with Crippen LogP contribution in [0.3, 0.4) is 0 Å². The van der Waals surface area contributed by atoms with Gasteiger partial charge in [0.05, 0.1) is 0 Å². The molecule has 2 amide bonds. The molecule has 0 saturated heterocycles. The number of anilines is 1. The first kappa shape index (κ1) is 13.6. The first-order valence-corrected chi connectivity index (χ1v) is 6.00. The topological polar surface area (TPSA) is 32.3 Å². The molecule has 0 saturated carbocycles. The number of hydrogen-bond acceptors (Lipinski definition) is 1. The van der Waals surface area contributed by atoms with Crippen LogP contribution in [0.5, 0.6) is 0 Å². The van der Waals surface area contributed by atoms with E-state index in [1.54, 1.807) is 4.90 Å². The van der Waals surface area contributed by atoms with Crippen molar-refractivity contribution in [3.05, 3.63) is 29.8 Å². The Morgan fingerprint density at radius 2 is 1.88 bits per heavy atom. The largest absolute Gasteiger partial charge is 0.333 e. The number of urea groups is 1. The first-order valence-electron chi connectivity index (χ1n) is 6.00. The van der Waals surface area contributed by atoms with Crippen LogP contribution in [0.15, 0.2) is 24.3 Å². The van der Waals surface area contributed by atoms with Crippen molar-refractivity contribution < 1.29 is 4.79 Å². The van der Waals surface area contributed by atoms with Gasteiger partial charge >= 0.3 is 6.03 Å². The standard InChI is InChI=1S/C14H22N2O/c1-6-16(13(17)15-14(3,4)5)12-10-8-7-9-11(12)2/h7-10H,6H2,1-5H3,(H,15,17). The zero-order chi connectivity index (χ0) is 13.1. The number of rotatable bonds is 2. The maximum Gasteiger partial charge on any atom is 0.322 e. The number of hydrogen-bond donors (Lipinski definition) is 1. The molecule has 0 aliphatic carbocycles. The lowest BCUT2D eigenvalue weighted by atomic mass is 10.1. The van der Waals surface area contributed by atoms with Crippen LogP contribution < -0.4 is 10.2 Å². The molecule has 1 aromatic rings. The maximum atomic E-state index is 12.2. The smallest absolute Gasteiger partial charge is 0.322 e. The molecule has 0 bridgehead atoms. The lowest BCUT2D eigenvalue weighted by molar-refractivity contribution is 0.238. The molecule has 0 spiro atoms. The summed E-state index contributed by atoms with van der Waals surface area (Å²) in [5, 5.41) is 2.98. The van der Waals surface area contributed by atoms with Gasteiger partial charge in [-0.25, -0.2) is 4.79 Å². The van der Waals surface area contributed by atoms with Crippen molar-refractivity contribution in [1.29, 1.82) is 0 Å². The summed E-state index contributed by atoms with van der Waals surface area (Å²) in [6.07, 6.45) is 0. The number of carbonyl (C=O) groups is 1. The van der Waals surface area contributed by atoms with E-state index in [2.05, 4.69) is 5.32 Å². The molecular formula is C14H22N2O. The van der Waals surface area contributed by atoms with Crippen LogP contribution in [0.25, 0.3) is 0 Å². The Bertz CT molecular complexity index is 393. The number of carbonyl (C=O) groups excluding carboxylic acids is 1. The van der Waals surface area contributed by atoms with Crippen LogP contribution >= 0.6 is 0 Å². The van der Waals surface area contributed by atoms with E-state index in [9.17, 15) is 4.79 Å². The molecule has 1 aromatic carbocycles. The van der Waals surface area contributed by atoms with E-state index in [-0.39, 0.29) is 11.6 Å². The highest BCUT2D eigenvalue weighted by Crippen LogP contribution is 2.19. The van der Waals surface area contributed by atoms with Gasteiger partial charge in [0.15, 0.2) is 0 Å². The predicted octanol–water partition coefficient (Wildman–Crippen LogP) is 3.33. The van der Waals surface area contributed by atoms with Crippen LogP contribution in [-0.4, -0.2) is 18.1 Å². The van der Waals surface area contributed by atoms with E-state index < -0.39 is 0 Å². The van der Waals surface area contributed by atoms with Crippen molar-refractivity contribution in [3.63, 3.8) is 0 Å². The molecule has 0 aromatic heterocycles. The zero-order valence-electron chi connectivity index (χ0n) is 11.4. The second kappa shape index (κ2) is 5.21. The molecule has 3 nitrogen and oxygen atoms in total. The number of benzene rings is 1. The van der Waals surface area contributed by atoms with E-state index in [0.29, 0.717) is 6.54 Å². The Balaban J connectivity index is 2.93. The van der Waals surface area contributed by atoms with Gasteiger partial charge in [0.25, 0.3) is 0 Å². The normalized spacial score (nSPS) is 11.1. The van der Waals surface area contributed by atoms with Crippen LogP contribution in [0, 0.1) is 6.92 Å². The summed E-state index contributed by atoms with van der Waals surface area (Å²) in [7, 11) is 0. The molecule has 0 atom stereocenters. The van der Waals surface area contributed by atoms with Gasteiger partial charge in [0.2, 0.25) is 0 Å². The van der Waals surface area contributed by atoms with Gasteiger partial charge in [0, 0.05) is 17.8 Å². The lowest BCUT2D eigenvalue weighted by Crippen LogP contribution is -2.48. The third-order valence-corrected chi connectivity index (χ3v) is 2.45. The summed E-state index contributed by atoms with van der Waals surface area (Å²) < 4.78 is 0. The summed E-state index contributed by atoms with van der Waals surface area (Å²) in [6.45, 7) is 10.6. The molecule has 1 N–H and O–H groups in total.